The van der Waals surface area contributed by atoms with Crippen molar-refractivity contribution >= 4 is 5.91 Å². The van der Waals surface area contributed by atoms with Gasteiger partial charge in [0, 0.05) is 26.2 Å². The Morgan fingerprint density at radius 3 is 2.82 bits per heavy atom. The maximum Gasteiger partial charge on any atom is 0.244 e. The molecule has 1 saturated heterocycles. The van der Waals surface area contributed by atoms with Crippen LogP contribution in [0.1, 0.15) is 12.2 Å². The van der Waals surface area contributed by atoms with Gasteiger partial charge in [0.15, 0.2) is 0 Å². The summed E-state index contributed by atoms with van der Waals surface area (Å²) < 4.78 is 21.2. The highest BCUT2D eigenvalue weighted by Gasteiger charge is 2.20. The summed E-state index contributed by atoms with van der Waals surface area (Å²) in [5.74, 6) is 1.02. The highest BCUT2D eigenvalue weighted by molar-refractivity contribution is 5.75. The van der Waals surface area contributed by atoms with E-state index >= 15 is 0 Å². The third-order valence-electron chi connectivity index (χ3n) is 4.81. The summed E-state index contributed by atoms with van der Waals surface area (Å²) in [6.45, 7) is 3.74. The van der Waals surface area contributed by atoms with Crippen LogP contribution < -0.4 is 0 Å². The van der Waals surface area contributed by atoms with Crippen molar-refractivity contribution in [2.75, 3.05) is 26.2 Å². The number of hydrogen-bond donors (Lipinski definition) is 0. The Balaban J connectivity index is 1.34. The molecule has 1 fully saturated rings. The van der Waals surface area contributed by atoms with Gasteiger partial charge in [0.25, 0.3) is 0 Å². The average molecular weight is 384 g/mol. The van der Waals surface area contributed by atoms with Gasteiger partial charge >= 0.3 is 0 Å². The molecule has 0 radical (unpaired) electrons. The number of aromatic nitrogens is 4. The van der Waals surface area contributed by atoms with E-state index in [1.165, 1.54) is 17.1 Å². The van der Waals surface area contributed by atoms with Gasteiger partial charge in [-0.15, -0.1) is 5.10 Å². The Hall–Kier alpha value is -3.07. The van der Waals surface area contributed by atoms with Crippen LogP contribution in [0.4, 0.5) is 4.39 Å². The maximum atomic E-state index is 13.9. The van der Waals surface area contributed by atoms with E-state index in [0.29, 0.717) is 31.0 Å². The lowest BCUT2D eigenvalue weighted by Crippen LogP contribution is -2.37. The molecular formula is C19H21FN6O2. The minimum atomic E-state index is -0.296. The standard InChI is InChI=1S/C19H21FN6O2/c20-17-5-2-1-4-16(17)18-7-6-15(28-18)12-24-8-3-9-25(11-10-24)19(27)13-26-14-21-22-23-26/h1-2,4-7,14H,3,8-13H2. The molecule has 3 heterocycles. The van der Waals surface area contributed by atoms with E-state index in [0.717, 1.165) is 25.3 Å². The van der Waals surface area contributed by atoms with Crippen LogP contribution in [-0.4, -0.2) is 62.1 Å². The number of furan rings is 1. The van der Waals surface area contributed by atoms with E-state index in [9.17, 15) is 9.18 Å². The number of rotatable bonds is 5. The number of hydrogen-bond acceptors (Lipinski definition) is 6. The molecule has 2 aromatic heterocycles. The molecule has 8 nitrogen and oxygen atoms in total. The van der Waals surface area contributed by atoms with Gasteiger partial charge < -0.3 is 9.32 Å². The molecule has 0 saturated carbocycles. The largest absolute Gasteiger partial charge is 0.460 e. The first-order valence-electron chi connectivity index (χ1n) is 9.23. The first-order chi connectivity index (χ1) is 13.7. The monoisotopic (exact) mass is 384 g/mol. The van der Waals surface area contributed by atoms with E-state index in [4.69, 9.17) is 4.42 Å². The third-order valence-corrected chi connectivity index (χ3v) is 4.81. The van der Waals surface area contributed by atoms with E-state index in [1.807, 2.05) is 11.0 Å². The van der Waals surface area contributed by atoms with Crippen molar-refractivity contribution in [1.29, 1.82) is 0 Å². The quantitative estimate of drug-likeness (QED) is 0.667. The van der Waals surface area contributed by atoms with Crippen molar-refractivity contribution in [1.82, 2.24) is 30.0 Å². The Labute approximate surface area is 161 Å². The van der Waals surface area contributed by atoms with Crippen molar-refractivity contribution in [3.05, 3.63) is 54.3 Å². The number of halogens is 1. The highest BCUT2D eigenvalue weighted by Crippen LogP contribution is 2.25. The summed E-state index contributed by atoms with van der Waals surface area (Å²) in [6.07, 6.45) is 2.31. The van der Waals surface area contributed by atoms with Gasteiger partial charge in [-0.1, -0.05) is 12.1 Å². The zero-order chi connectivity index (χ0) is 19.3. The predicted molar refractivity (Wildman–Crippen MR) is 98.4 cm³/mol. The van der Waals surface area contributed by atoms with Crippen LogP contribution in [-0.2, 0) is 17.9 Å². The summed E-state index contributed by atoms with van der Waals surface area (Å²) in [5.41, 5.74) is 0.462. The second kappa shape index (κ2) is 8.30. The zero-order valence-corrected chi connectivity index (χ0v) is 15.4. The zero-order valence-electron chi connectivity index (χ0n) is 15.4. The van der Waals surface area contributed by atoms with Gasteiger partial charge in [-0.3, -0.25) is 9.69 Å². The van der Waals surface area contributed by atoms with Crippen LogP contribution >= 0.6 is 0 Å². The molecule has 4 rings (SSSR count). The molecule has 0 atom stereocenters. The SMILES string of the molecule is O=C(Cn1cnnn1)N1CCCN(Cc2ccc(-c3ccccc3F)o2)CC1. The van der Waals surface area contributed by atoms with E-state index in [-0.39, 0.29) is 18.3 Å². The molecule has 1 aliphatic heterocycles. The van der Waals surface area contributed by atoms with Crippen LogP contribution in [0.2, 0.25) is 0 Å². The molecule has 28 heavy (non-hydrogen) atoms. The molecule has 0 unspecified atom stereocenters. The van der Waals surface area contributed by atoms with Crippen molar-refractivity contribution in [2.24, 2.45) is 0 Å². The topological polar surface area (TPSA) is 80.3 Å². The second-order valence-electron chi connectivity index (χ2n) is 6.76. The van der Waals surface area contributed by atoms with Crippen molar-refractivity contribution in [3.63, 3.8) is 0 Å². The fourth-order valence-electron chi connectivity index (χ4n) is 3.36. The van der Waals surface area contributed by atoms with E-state index in [1.54, 1.807) is 24.3 Å². The second-order valence-corrected chi connectivity index (χ2v) is 6.76. The first kappa shape index (κ1) is 18.3. The summed E-state index contributed by atoms with van der Waals surface area (Å²) in [6, 6.07) is 10.3. The van der Waals surface area contributed by atoms with E-state index in [2.05, 4.69) is 20.4 Å². The molecule has 0 bridgehead atoms. The van der Waals surface area contributed by atoms with E-state index < -0.39 is 0 Å². The van der Waals surface area contributed by atoms with Gasteiger partial charge in [0.2, 0.25) is 5.91 Å². The summed E-state index contributed by atoms with van der Waals surface area (Å²) in [5, 5.41) is 10.8. The lowest BCUT2D eigenvalue weighted by molar-refractivity contribution is -0.131. The van der Waals surface area contributed by atoms with Crippen LogP contribution in [0.15, 0.2) is 47.1 Å². The number of tetrazole rings is 1. The smallest absolute Gasteiger partial charge is 0.244 e. The number of amides is 1. The molecule has 3 aromatic rings. The van der Waals surface area contributed by atoms with Crippen molar-refractivity contribution in [2.45, 2.75) is 19.5 Å². The molecule has 1 aliphatic rings. The molecule has 146 valence electrons. The van der Waals surface area contributed by atoms with Crippen LogP contribution in [0.5, 0.6) is 0 Å². The predicted octanol–water partition coefficient (Wildman–Crippen LogP) is 1.81. The Morgan fingerprint density at radius 2 is 2.00 bits per heavy atom. The normalized spacial score (nSPS) is 15.5. The van der Waals surface area contributed by atoms with Crippen LogP contribution in [0, 0.1) is 5.82 Å². The van der Waals surface area contributed by atoms with Gasteiger partial charge in [-0.05, 0) is 41.1 Å². The lowest BCUT2D eigenvalue weighted by Gasteiger charge is -2.21. The summed E-state index contributed by atoms with van der Waals surface area (Å²) in [4.78, 5) is 16.5. The highest BCUT2D eigenvalue weighted by atomic mass is 19.1. The Kier molecular flexibility index (Phi) is 5.43. The van der Waals surface area contributed by atoms with Gasteiger partial charge in [0.1, 0.15) is 30.2 Å². The minimum absolute atomic E-state index is 0.00832. The van der Waals surface area contributed by atoms with Crippen LogP contribution in [0.3, 0.4) is 0 Å². The average Bonchev–Trinajstić information content (AvgIpc) is 3.31. The first-order valence-corrected chi connectivity index (χ1v) is 9.23. The third kappa shape index (κ3) is 4.25. The lowest BCUT2D eigenvalue weighted by atomic mass is 10.1. The van der Waals surface area contributed by atoms with Crippen molar-refractivity contribution < 1.29 is 13.6 Å². The molecule has 0 spiro atoms. The summed E-state index contributed by atoms with van der Waals surface area (Å²) in [7, 11) is 0. The Bertz CT molecular complexity index is 926. The number of nitrogens with zero attached hydrogens (tertiary/aromatic N) is 6. The van der Waals surface area contributed by atoms with Gasteiger partial charge in [-0.2, -0.15) is 0 Å². The summed E-state index contributed by atoms with van der Waals surface area (Å²) >= 11 is 0. The molecule has 9 heteroatoms. The molecule has 1 amide bonds. The molecular weight excluding hydrogens is 363 g/mol. The van der Waals surface area contributed by atoms with Gasteiger partial charge in [-0.25, -0.2) is 9.07 Å². The minimum Gasteiger partial charge on any atom is -0.460 e. The van der Waals surface area contributed by atoms with Crippen molar-refractivity contribution in [3.8, 4) is 11.3 Å². The Morgan fingerprint density at radius 1 is 1.11 bits per heavy atom. The fraction of sp³-hybridized carbons (Fsp3) is 0.368. The molecule has 0 N–H and O–H groups in total. The van der Waals surface area contributed by atoms with Gasteiger partial charge in [0.05, 0.1) is 12.1 Å². The van der Waals surface area contributed by atoms with Crippen LogP contribution in [0.25, 0.3) is 11.3 Å². The number of benzene rings is 1. The fourth-order valence-corrected chi connectivity index (χ4v) is 3.36. The maximum absolute atomic E-state index is 13.9. The number of carbonyl (C=O) groups is 1. The molecule has 1 aromatic carbocycles. The number of carbonyl (C=O) groups excluding carboxylic acids is 1. The molecule has 0 aliphatic carbocycles.